The molecule has 0 aliphatic carbocycles. The van der Waals surface area contributed by atoms with Crippen LogP contribution in [-0.4, -0.2) is 22.2 Å². The molecule has 0 atom stereocenters. The van der Waals surface area contributed by atoms with E-state index in [1.165, 1.54) is 30.3 Å². The summed E-state index contributed by atoms with van der Waals surface area (Å²) in [6, 6.07) is 5.59. The molecule has 0 unspecified atom stereocenters. The number of ketones is 1. The molecule has 0 amide bonds. The van der Waals surface area contributed by atoms with E-state index < -0.39 is 6.61 Å². The van der Waals surface area contributed by atoms with Crippen LogP contribution in [0.5, 0.6) is 5.75 Å². The lowest BCUT2D eigenvalue weighted by Crippen LogP contribution is -2.02. The van der Waals surface area contributed by atoms with Gasteiger partial charge in [0.2, 0.25) is 0 Å². The second-order valence-corrected chi connectivity index (χ2v) is 4.81. The summed E-state index contributed by atoms with van der Waals surface area (Å²) in [5.41, 5.74) is 3.09. The lowest BCUT2D eigenvalue weighted by atomic mass is 10.1. The number of alkyl halides is 2. The van der Waals surface area contributed by atoms with Gasteiger partial charge in [0.05, 0.1) is 5.69 Å². The van der Waals surface area contributed by atoms with Crippen molar-refractivity contribution >= 4 is 11.9 Å². The Bertz CT molecular complexity index is 704. The van der Waals surface area contributed by atoms with Gasteiger partial charge in [-0.15, -0.1) is 0 Å². The number of hydrogen-bond donors (Lipinski definition) is 0. The smallest absolute Gasteiger partial charge is 0.387 e. The van der Waals surface area contributed by atoms with Crippen LogP contribution in [0.2, 0.25) is 0 Å². The molecule has 0 aliphatic rings. The summed E-state index contributed by atoms with van der Waals surface area (Å²) in [5, 5.41) is 4.27. The van der Waals surface area contributed by atoms with Crippen LogP contribution in [0, 0.1) is 13.8 Å². The van der Waals surface area contributed by atoms with Crippen molar-refractivity contribution in [2.45, 2.75) is 20.5 Å². The van der Waals surface area contributed by atoms with E-state index in [0.29, 0.717) is 5.56 Å². The van der Waals surface area contributed by atoms with E-state index in [1.54, 1.807) is 10.8 Å². The van der Waals surface area contributed by atoms with Crippen LogP contribution in [0.3, 0.4) is 0 Å². The molecule has 1 aromatic heterocycles. The monoisotopic (exact) mass is 306 g/mol. The van der Waals surface area contributed by atoms with Gasteiger partial charge in [-0.1, -0.05) is 0 Å². The van der Waals surface area contributed by atoms with Gasteiger partial charge in [0.25, 0.3) is 0 Å². The molecule has 0 fully saturated rings. The van der Waals surface area contributed by atoms with Gasteiger partial charge in [0.15, 0.2) is 5.78 Å². The Labute approximate surface area is 127 Å². The van der Waals surface area contributed by atoms with E-state index in [4.69, 9.17) is 0 Å². The Morgan fingerprint density at radius 2 is 1.91 bits per heavy atom. The largest absolute Gasteiger partial charge is 0.435 e. The number of benzene rings is 1. The molecule has 2 aromatic rings. The van der Waals surface area contributed by atoms with Crippen LogP contribution in [-0.2, 0) is 7.05 Å². The SMILES string of the molecule is Cc1nn(C)c(C)c1/C=C\C(=O)c1ccc(OC(F)F)cc1. The van der Waals surface area contributed by atoms with Gasteiger partial charge in [-0.2, -0.15) is 13.9 Å². The number of aryl methyl sites for hydroxylation is 2. The molecule has 116 valence electrons. The van der Waals surface area contributed by atoms with Gasteiger partial charge in [-0.25, -0.2) is 0 Å². The van der Waals surface area contributed by atoms with Crippen molar-refractivity contribution in [3.63, 3.8) is 0 Å². The van der Waals surface area contributed by atoms with Gasteiger partial charge in [-0.3, -0.25) is 9.48 Å². The minimum Gasteiger partial charge on any atom is -0.435 e. The van der Waals surface area contributed by atoms with E-state index in [2.05, 4.69) is 9.84 Å². The Kier molecular flexibility index (Phi) is 4.70. The van der Waals surface area contributed by atoms with Gasteiger partial charge in [0.1, 0.15) is 5.75 Å². The summed E-state index contributed by atoms with van der Waals surface area (Å²) in [4.78, 5) is 12.1. The third-order valence-electron chi connectivity index (χ3n) is 3.33. The maximum absolute atomic E-state index is 12.1. The fraction of sp³-hybridized carbons (Fsp3) is 0.250. The summed E-state index contributed by atoms with van der Waals surface area (Å²) in [5.74, 6) is -0.194. The van der Waals surface area contributed by atoms with Crippen molar-refractivity contribution in [2.24, 2.45) is 7.05 Å². The van der Waals surface area contributed by atoms with Crippen LogP contribution in [0.25, 0.3) is 6.08 Å². The van der Waals surface area contributed by atoms with Crippen molar-refractivity contribution in [1.82, 2.24) is 9.78 Å². The van der Waals surface area contributed by atoms with Crippen LogP contribution in [0.15, 0.2) is 30.3 Å². The molecule has 6 heteroatoms. The zero-order valence-corrected chi connectivity index (χ0v) is 12.5. The summed E-state index contributed by atoms with van der Waals surface area (Å²) in [7, 11) is 1.84. The number of carbonyl (C=O) groups is 1. The Balaban J connectivity index is 2.13. The summed E-state index contributed by atoms with van der Waals surface area (Å²) >= 11 is 0. The molecule has 1 heterocycles. The van der Waals surface area contributed by atoms with Crippen LogP contribution >= 0.6 is 0 Å². The molecule has 0 radical (unpaired) electrons. The molecule has 0 spiro atoms. The first kappa shape index (κ1) is 15.9. The first-order valence-electron chi connectivity index (χ1n) is 6.66. The van der Waals surface area contributed by atoms with Crippen molar-refractivity contribution < 1.29 is 18.3 Å². The topological polar surface area (TPSA) is 44.1 Å². The first-order chi connectivity index (χ1) is 10.4. The highest BCUT2D eigenvalue weighted by Gasteiger charge is 2.08. The highest BCUT2D eigenvalue weighted by molar-refractivity contribution is 6.06. The fourth-order valence-corrected chi connectivity index (χ4v) is 2.09. The molecular formula is C16H16F2N2O2. The van der Waals surface area contributed by atoms with Crippen molar-refractivity contribution in [1.29, 1.82) is 0 Å². The maximum atomic E-state index is 12.1. The van der Waals surface area contributed by atoms with E-state index in [9.17, 15) is 13.6 Å². The Hall–Kier alpha value is -2.50. The molecule has 0 saturated carbocycles. The maximum Gasteiger partial charge on any atom is 0.387 e. The standard InChI is InChI=1S/C16H16F2N2O2/c1-10-14(11(2)20(3)19-10)8-9-15(21)12-4-6-13(7-5-12)22-16(17)18/h4-9,16H,1-3H3/b9-8-. The normalized spacial score (nSPS) is 11.4. The number of carbonyl (C=O) groups excluding carboxylic acids is 1. The van der Waals surface area contributed by atoms with E-state index in [-0.39, 0.29) is 11.5 Å². The average molecular weight is 306 g/mol. The lowest BCUT2D eigenvalue weighted by molar-refractivity contribution is -0.0498. The van der Waals surface area contributed by atoms with Gasteiger partial charge >= 0.3 is 6.61 Å². The summed E-state index contributed by atoms with van der Waals surface area (Å²) in [6.07, 6.45) is 3.16. The lowest BCUT2D eigenvalue weighted by Gasteiger charge is -2.04. The molecule has 0 bridgehead atoms. The molecule has 4 nitrogen and oxygen atoms in total. The van der Waals surface area contributed by atoms with Crippen molar-refractivity contribution in [3.8, 4) is 5.75 Å². The predicted molar refractivity (Wildman–Crippen MR) is 79.1 cm³/mol. The molecule has 22 heavy (non-hydrogen) atoms. The number of halogens is 2. The van der Waals surface area contributed by atoms with Gasteiger partial charge in [0, 0.05) is 23.9 Å². The summed E-state index contributed by atoms with van der Waals surface area (Å²) < 4.78 is 30.1. The molecule has 0 saturated heterocycles. The number of rotatable bonds is 5. The number of ether oxygens (including phenoxy) is 1. The number of aromatic nitrogens is 2. The van der Waals surface area contributed by atoms with Gasteiger partial charge < -0.3 is 4.74 Å². The zero-order chi connectivity index (χ0) is 16.3. The van der Waals surface area contributed by atoms with E-state index >= 15 is 0 Å². The van der Waals surface area contributed by atoms with Crippen LogP contribution in [0.1, 0.15) is 27.3 Å². The molecule has 2 rings (SSSR count). The molecule has 0 aliphatic heterocycles. The predicted octanol–water partition coefficient (Wildman–Crippen LogP) is 3.53. The van der Waals surface area contributed by atoms with Crippen molar-refractivity contribution in [3.05, 3.63) is 52.9 Å². The second-order valence-electron chi connectivity index (χ2n) is 4.81. The van der Waals surface area contributed by atoms with Crippen molar-refractivity contribution in [2.75, 3.05) is 0 Å². The average Bonchev–Trinajstić information content (AvgIpc) is 2.70. The number of allylic oxidation sites excluding steroid dienone is 1. The number of hydrogen-bond acceptors (Lipinski definition) is 3. The van der Waals surface area contributed by atoms with Crippen LogP contribution < -0.4 is 4.74 Å². The third-order valence-corrected chi connectivity index (χ3v) is 3.33. The minimum atomic E-state index is -2.88. The van der Waals surface area contributed by atoms with E-state index in [0.717, 1.165) is 17.0 Å². The molecule has 0 N–H and O–H groups in total. The second kappa shape index (κ2) is 6.51. The van der Waals surface area contributed by atoms with E-state index in [1.807, 2.05) is 20.9 Å². The van der Waals surface area contributed by atoms with Gasteiger partial charge in [-0.05, 0) is 50.3 Å². The minimum absolute atomic E-state index is 0.0227. The zero-order valence-electron chi connectivity index (χ0n) is 12.5. The highest BCUT2D eigenvalue weighted by Crippen LogP contribution is 2.17. The third kappa shape index (κ3) is 3.58. The molecule has 1 aromatic carbocycles. The summed E-state index contributed by atoms with van der Waals surface area (Å²) in [6.45, 7) is 0.909. The van der Waals surface area contributed by atoms with Crippen LogP contribution in [0.4, 0.5) is 8.78 Å². The highest BCUT2D eigenvalue weighted by atomic mass is 19.3. The molecular weight excluding hydrogens is 290 g/mol. The Morgan fingerprint density at radius 3 is 2.41 bits per heavy atom. The quantitative estimate of drug-likeness (QED) is 0.627. The Morgan fingerprint density at radius 1 is 1.27 bits per heavy atom. The number of nitrogens with zero attached hydrogens (tertiary/aromatic N) is 2. The fourth-order valence-electron chi connectivity index (χ4n) is 2.09. The first-order valence-corrected chi connectivity index (χ1v) is 6.66.